The fourth-order valence-corrected chi connectivity index (χ4v) is 3.78. The van der Waals surface area contributed by atoms with Gasteiger partial charge in [-0.2, -0.15) is 0 Å². The van der Waals surface area contributed by atoms with Crippen LogP contribution >= 0.6 is 8.38 Å². The summed E-state index contributed by atoms with van der Waals surface area (Å²) >= 11 is 0. The molecule has 0 heterocycles. The second-order valence-electron chi connectivity index (χ2n) is 3.11. The van der Waals surface area contributed by atoms with Crippen LogP contribution in [-0.4, -0.2) is 21.6 Å². The first kappa shape index (κ1) is 14.5. The second kappa shape index (κ2) is 6.42. The highest BCUT2D eigenvalue weighted by Gasteiger charge is 2.22. The van der Waals surface area contributed by atoms with Crippen molar-refractivity contribution < 1.29 is 17.5 Å². The predicted octanol–water partition coefficient (Wildman–Crippen LogP) is 1.34. The number of nitrogens with two attached hydrogens (primary N) is 1. The lowest BCUT2D eigenvalue weighted by atomic mass is 10.4. The van der Waals surface area contributed by atoms with E-state index >= 15 is 0 Å². The summed E-state index contributed by atoms with van der Waals surface area (Å²) in [5.74, 6) is 0. The molecule has 1 aromatic carbocycles. The maximum Gasteiger partial charge on any atom is 0.238 e. The number of sulfonamides is 1. The van der Waals surface area contributed by atoms with E-state index in [0.717, 1.165) is 0 Å². The Morgan fingerprint density at radius 1 is 1.18 bits per heavy atom. The highest BCUT2D eigenvalue weighted by Crippen LogP contribution is 2.38. The Morgan fingerprint density at radius 3 is 2.18 bits per heavy atom. The minimum absolute atomic E-state index is 0.0630. The SMILES string of the molecule is CCOP(OCC)c1ccccc1S(N)(=O)=O. The lowest BCUT2D eigenvalue weighted by Crippen LogP contribution is -2.21. The Hall–Kier alpha value is -0.520. The molecule has 0 aliphatic heterocycles. The largest absolute Gasteiger partial charge is 0.331 e. The summed E-state index contributed by atoms with van der Waals surface area (Å²) in [6.07, 6.45) is 0. The summed E-state index contributed by atoms with van der Waals surface area (Å²) in [5, 5.41) is 5.65. The third kappa shape index (κ3) is 4.01. The van der Waals surface area contributed by atoms with Gasteiger partial charge in [0.15, 0.2) is 0 Å². The van der Waals surface area contributed by atoms with Crippen LogP contribution in [0.15, 0.2) is 29.2 Å². The van der Waals surface area contributed by atoms with Crippen molar-refractivity contribution in [1.82, 2.24) is 0 Å². The first-order valence-electron chi connectivity index (χ1n) is 5.18. The van der Waals surface area contributed by atoms with Crippen molar-refractivity contribution in [3.63, 3.8) is 0 Å². The molecule has 0 aromatic heterocycles. The number of benzene rings is 1. The molecule has 1 aromatic rings. The fraction of sp³-hybridized carbons (Fsp3) is 0.400. The molecule has 2 N–H and O–H groups in total. The van der Waals surface area contributed by atoms with Crippen molar-refractivity contribution >= 4 is 23.7 Å². The molecule has 96 valence electrons. The first-order valence-corrected chi connectivity index (χ1v) is 7.90. The maximum absolute atomic E-state index is 11.4. The van der Waals surface area contributed by atoms with Crippen LogP contribution in [-0.2, 0) is 19.1 Å². The molecule has 0 saturated carbocycles. The Balaban J connectivity index is 3.18. The zero-order valence-electron chi connectivity index (χ0n) is 9.79. The van der Waals surface area contributed by atoms with Crippen molar-refractivity contribution in [2.75, 3.05) is 13.2 Å². The Kier molecular flexibility index (Phi) is 5.49. The van der Waals surface area contributed by atoms with Gasteiger partial charge < -0.3 is 9.05 Å². The molecule has 0 radical (unpaired) electrons. The Labute approximate surface area is 103 Å². The van der Waals surface area contributed by atoms with E-state index in [-0.39, 0.29) is 4.90 Å². The lowest BCUT2D eigenvalue weighted by molar-refractivity contribution is 0.277. The van der Waals surface area contributed by atoms with Crippen LogP contribution in [0.2, 0.25) is 0 Å². The van der Waals surface area contributed by atoms with E-state index in [0.29, 0.717) is 18.5 Å². The van der Waals surface area contributed by atoms with Gasteiger partial charge in [0.2, 0.25) is 18.4 Å². The molecule has 5 nitrogen and oxygen atoms in total. The molecule has 0 bridgehead atoms. The topological polar surface area (TPSA) is 78.6 Å². The summed E-state index contributed by atoms with van der Waals surface area (Å²) in [6, 6.07) is 6.47. The van der Waals surface area contributed by atoms with Crippen LogP contribution in [0.1, 0.15) is 13.8 Å². The fourth-order valence-electron chi connectivity index (χ4n) is 1.26. The summed E-state index contributed by atoms with van der Waals surface area (Å²) in [7, 11) is -5.16. The molecule has 0 unspecified atom stereocenters. The van der Waals surface area contributed by atoms with E-state index in [1.165, 1.54) is 6.07 Å². The Morgan fingerprint density at radius 2 is 1.71 bits per heavy atom. The molecule has 0 aliphatic rings. The van der Waals surface area contributed by atoms with Gasteiger partial charge in [-0.15, -0.1) is 0 Å². The lowest BCUT2D eigenvalue weighted by Gasteiger charge is -2.17. The molecule has 17 heavy (non-hydrogen) atoms. The minimum Gasteiger partial charge on any atom is -0.331 e. The average molecular weight is 277 g/mol. The molecule has 0 spiro atoms. The van der Waals surface area contributed by atoms with Crippen LogP contribution < -0.4 is 10.4 Å². The van der Waals surface area contributed by atoms with Crippen LogP contribution in [0.25, 0.3) is 0 Å². The van der Waals surface area contributed by atoms with Gasteiger partial charge in [-0.25, -0.2) is 13.6 Å². The van der Waals surface area contributed by atoms with E-state index in [9.17, 15) is 8.42 Å². The van der Waals surface area contributed by atoms with Crippen LogP contribution in [0.4, 0.5) is 0 Å². The van der Waals surface area contributed by atoms with E-state index < -0.39 is 18.4 Å². The summed E-state index contributed by atoms with van der Waals surface area (Å²) < 4.78 is 33.7. The van der Waals surface area contributed by atoms with Crippen molar-refractivity contribution in [2.24, 2.45) is 5.14 Å². The predicted molar refractivity (Wildman–Crippen MR) is 67.6 cm³/mol. The monoisotopic (exact) mass is 277 g/mol. The highest BCUT2D eigenvalue weighted by molar-refractivity contribution is 7.89. The molecule has 0 atom stereocenters. The second-order valence-corrected chi connectivity index (χ2v) is 6.15. The van der Waals surface area contributed by atoms with Gasteiger partial charge in [-0.1, -0.05) is 12.1 Å². The maximum atomic E-state index is 11.4. The van der Waals surface area contributed by atoms with Gasteiger partial charge in [0.25, 0.3) is 0 Å². The molecule has 7 heteroatoms. The van der Waals surface area contributed by atoms with Gasteiger partial charge in [0.1, 0.15) is 0 Å². The minimum atomic E-state index is -3.76. The smallest absolute Gasteiger partial charge is 0.238 e. The standard InChI is InChI=1S/C10H16NO4PS/c1-3-14-16(15-4-2)9-7-5-6-8-10(9)17(11,12)13/h5-8H,3-4H2,1-2H3,(H2,11,12,13). The van der Waals surface area contributed by atoms with Crippen molar-refractivity contribution in [3.05, 3.63) is 24.3 Å². The highest BCUT2D eigenvalue weighted by atomic mass is 32.2. The van der Waals surface area contributed by atoms with E-state index in [4.69, 9.17) is 14.2 Å². The molecule has 0 aliphatic carbocycles. The molecular weight excluding hydrogens is 261 g/mol. The molecule has 1 rings (SSSR count). The molecule has 0 fully saturated rings. The summed E-state index contributed by atoms with van der Waals surface area (Å²) in [6.45, 7) is 4.55. The molecular formula is C10H16NO4PS. The van der Waals surface area contributed by atoms with Gasteiger partial charge in [-0.05, 0) is 26.0 Å². The summed E-state index contributed by atoms with van der Waals surface area (Å²) in [4.78, 5) is 0.0630. The van der Waals surface area contributed by atoms with E-state index in [1.54, 1.807) is 18.2 Å². The van der Waals surface area contributed by atoms with E-state index in [2.05, 4.69) is 0 Å². The van der Waals surface area contributed by atoms with Crippen molar-refractivity contribution in [2.45, 2.75) is 18.7 Å². The van der Waals surface area contributed by atoms with Gasteiger partial charge in [0.05, 0.1) is 18.1 Å². The number of rotatable bonds is 6. The van der Waals surface area contributed by atoms with Gasteiger partial charge >= 0.3 is 0 Å². The van der Waals surface area contributed by atoms with Crippen LogP contribution in [0.3, 0.4) is 0 Å². The number of hydrogen-bond acceptors (Lipinski definition) is 4. The third-order valence-electron chi connectivity index (χ3n) is 1.86. The number of hydrogen-bond donors (Lipinski definition) is 1. The van der Waals surface area contributed by atoms with Crippen molar-refractivity contribution in [3.8, 4) is 0 Å². The molecule has 0 saturated heterocycles. The normalized spacial score (nSPS) is 12.0. The van der Waals surface area contributed by atoms with Gasteiger partial charge in [0, 0.05) is 5.30 Å². The zero-order valence-corrected chi connectivity index (χ0v) is 11.5. The zero-order chi connectivity index (χ0) is 12.9. The number of primary sulfonamides is 1. The average Bonchev–Trinajstić information content (AvgIpc) is 2.28. The third-order valence-corrected chi connectivity index (χ3v) is 4.75. The van der Waals surface area contributed by atoms with Gasteiger partial charge in [-0.3, -0.25) is 0 Å². The quantitative estimate of drug-likeness (QED) is 0.796. The summed E-state index contributed by atoms with van der Waals surface area (Å²) in [5.41, 5.74) is 0. The van der Waals surface area contributed by atoms with Crippen LogP contribution in [0, 0.1) is 0 Å². The van der Waals surface area contributed by atoms with Crippen LogP contribution in [0.5, 0.6) is 0 Å². The van der Waals surface area contributed by atoms with E-state index in [1.807, 2.05) is 13.8 Å². The molecule has 0 amide bonds. The Bertz CT molecular complexity index is 457. The van der Waals surface area contributed by atoms with Crippen molar-refractivity contribution in [1.29, 1.82) is 0 Å². The first-order chi connectivity index (χ1) is 8.00.